The van der Waals surface area contributed by atoms with Crippen molar-refractivity contribution in [2.45, 2.75) is 13.3 Å². The second kappa shape index (κ2) is 9.09. The number of carbonyl (C=O) groups is 3. The Kier molecular flexibility index (Phi) is 6.32. The van der Waals surface area contributed by atoms with Crippen molar-refractivity contribution in [1.82, 2.24) is 5.32 Å². The number of methoxy groups -OCH3 is 1. The number of hydrogen-bond donors (Lipinski definition) is 1. The number of hydrogen-bond acceptors (Lipinski definition) is 5. The largest absolute Gasteiger partial charge is 0.496 e. The monoisotopic (exact) mass is 406 g/mol. The fourth-order valence-corrected chi connectivity index (χ4v) is 3.12. The number of imide groups is 2. The molecule has 7 heteroatoms. The molecule has 7 nitrogen and oxygen atoms in total. The van der Waals surface area contributed by atoms with E-state index < -0.39 is 17.8 Å². The molecule has 2 aromatic rings. The van der Waals surface area contributed by atoms with Gasteiger partial charge in [0.25, 0.3) is 11.8 Å². The molecule has 0 radical (unpaired) electrons. The third-order valence-corrected chi connectivity index (χ3v) is 4.49. The SMILES string of the molecule is C=CCc1cc(/C=C2\C(=O)NC(=O)N(c3ccc(OCC)cc3)C2=O)ccc1OC. The lowest BCUT2D eigenvalue weighted by Crippen LogP contribution is -2.54. The average Bonchev–Trinajstić information content (AvgIpc) is 2.73. The van der Waals surface area contributed by atoms with Gasteiger partial charge in [-0.25, -0.2) is 9.69 Å². The molecule has 0 aromatic heterocycles. The molecule has 1 N–H and O–H groups in total. The minimum absolute atomic E-state index is 0.141. The smallest absolute Gasteiger partial charge is 0.335 e. The van der Waals surface area contributed by atoms with Crippen LogP contribution in [0.25, 0.3) is 6.08 Å². The average molecular weight is 406 g/mol. The first-order chi connectivity index (χ1) is 14.5. The quantitative estimate of drug-likeness (QED) is 0.432. The lowest BCUT2D eigenvalue weighted by molar-refractivity contribution is -0.122. The fraction of sp³-hybridized carbons (Fsp3) is 0.174. The Bertz CT molecular complexity index is 1020. The molecule has 0 atom stereocenters. The van der Waals surface area contributed by atoms with E-state index >= 15 is 0 Å². The van der Waals surface area contributed by atoms with Crippen LogP contribution >= 0.6 is 0 Å². The highest BCUT2D eigenvalue weighted by Crippen LogP contribution is 2.26. The molecule has 2 aromatic carbocycles. The number of anilines is 1. The third kappa shape index (κ3) is 4.25. The number of nitrogens with zero attached hydrogens (tertiary/aromatic N) is 1. The maximum absolute atomic E-state index is 13.0. The standard InChI is InChI=1S/C23H22N2O5/c1-4-6-16-13-15(7-12-20(16)29-3)14-19-21(26)24-23(28)25(22(19)27)17-8-10-18(11-9-17)30-5-2/h4,7-14H,1,5-6H2,2-3H3,(H,24,26,28)/b19-14+. The Balaban J connectivity index is 1.96. The number of ether oxygens (including phenoxy) is 2. The fourth-order valence-electron chi connectivity index (χ4n) is 3.12. The molecule has 1 aliphatic rings. The van der Waals surface area contributed by atoms with Gasteiger partial charge in [0, 0.05) is 0 Å². The number of rotatable bonds is 7. The van der Waals surface area contributed by atoms with Gasteiger partial charge in [-0.1, -0.05) is 12.1 Å². The normalized spacial score (nSPS) is 15.2. The zero-order chi connectivity index (χ0) is 21.7. The molecule has 0 aliphatic carbocycles. The number of urea groups is 1. The van der Waals surface area contributed by atoms with Crippen LogP contribution in [0.15, 0.2) is 60.7 Å². The van der Waals surface area contributed by atoms with Gasteiger partial charge < -0.3 is 9.47 Å². The summed E-state index contributed by atoms with van der Waals surface area (Å²) in [5.41, 5.74) is 1.69. The van der Waals surface area contributed by atoms with E-state index in [1.54, 1.807) is 49.6 Å². The Hall–Kier alpha value is -3.87. The van der Waals surface area contributed by atoms with Gasteiger partial charge in [0.1, 0.15) is 17.1 Å². The van der Waals surface area contributed by atoms with E-state index in [2.05, 4.69) is 11.9 Å². The molecule has 1 aliphatic heterocycles. The Morgan fingerprint density at radius 2 is 1.83 bits per heavy atom. The van der Waals surface area contributed by atoms with Crippen molar-refractivity contribution in [3.8, 4) is 11.5 Å². The third-order valence-electron chi connectivity index (χ3n) is 4.49. The zero-order valence-electron chi connectivity index (χ0n) is 16.8. The molecule has 154 valence electrons. The maximum atomic E-state index is 13.0. The number of carbonyl (C=O) groups excluding carboxylic acids is 3. The van der Waals surface area contributed by atoms with Crippen molar-refractivity contribution in [3.63, 3.8) is 0 Å². The predicted molar refractivity (Wildman–Crippen MR) is 114 cm³/mol. The summed E-state index contributed by atoms with van der Waals surface area (Å²) in [5, 5.41) is 2.22. The summed E-state index contributed by atoms with van der Waals surface area (Å²) in [6.07, 6.45) is 3.76. The molecule has 3 rings (SSSR count). The van der Waals surface area contributed by atoms with Crippen molar-refractivity contribution >= 4 is 29.6 Å². The number of allylic oxidation sites excluding steroid dienone is 1. The first-order valence-corrected chi connectivity index (χ1v) is 9.40. The van der Waals surface area contributed by atoms with Crippen LogP contribution in [0.5, 0.6) is 11.5 Å². The van der Waals surface area contributed by atoms with E-state index in [4.69, 9.17) is 9.47 Å². The van der Waals surface area contributed by atoms with E-state index in [1.807, 2.05) is 13.0 Å². The minimum Gasteiger partial charge on any atom is -0.496 e. The van der Waals surface area contributed by atoms with Crippen LogP contribution in [0.4, 0.5) is 10.5 Å². The summed E-state index contributed by atoms with van der Waals surface area (Å²) in [6, 6.07) is 11.0. The van der Waals surface area contributed by atoms with Crippen molar-refractivity contribution in [1.29, 1.82) is 0 Å². The number of amides is 4. The Labute approximate surface area is 174 Å². The number of barbiturate groups is 1. The molecule has 0 saturated carbocycles. The van der Waals surface area contributed by atoms with Crippen LogP contribution in [0, 0.1) is 0 Å². The highest BCUT2D eigenvalue weighted by Gasteiger charge is 2.36. The van der Waals surface area contributed by atoms with Crippen LogP contribution in [-0.2, 0) is 16.0 Å². The van der Waals surface area contributed by atoms with Crippen LogP contribution in [0.2, 0.25) is 0 Å². The zero-order valence-corrected chi connectivity index (χ0v) is 16.8. The lowest BCUT2D eigenvalue weighted by Gasteiger charge is -2.26. The van der Waals surface area contributed by atoms with E-state index in [0.717, 1.165) is 10.5 Å². The summed E-state index contributed by atoms with van der Waals surface area (Å²) in [4.78, 5) is 38.6. The molecule has 1 fully saturated rings. The first kappa shape index (κ1) is 20.9. The van der Waals surface area contributed by atoms with E-state index in [1.165, 1.54) is 6.08 Å². The Morgan fingerprint density at radius 1 is 1.10 bits per heavy atom. The summed E-state index contributed by atoms with van der Waals surface area (Å²) in [5.74, 6) is -0.143. The van der Waals surface area contributed by atoms with Crippen molar-refractivity contribution in [3.05, 3.63) is 71.8 Å². The molecule has 30 heavy (non-hydrogen) atoms. The van der Waals surface area contributed by atoms with E-state index in [-0.39, 0.29) is 5.57 Å². The summed E-state index contributed by atoms with van der Waals surface area (Å²) in [6.45, 7) is 6.09. The highest BCUT2D eigenvalue weighted by atomic mass is 16.5. The topological polar surface area (TPSA) is 84.9 Å². The Morgan fingerprint density at radius 3 is 2.47 bits per heavy atom. The van der Waals surface area contributed by atoms with Crippen molar-refractivity contribution in [2.75, 3.05) is 18.6 Å². The number of nitrogens with one attached hydrogen (secondary N) is 1. The van der Waals surface area contributed by atoms with Crippen molar-refractivity contribution in [2.24, 2.45) is 0 Å². The van der Waals surface area contributed by atoms with Gasteiger partial charge in [-0.15, -0.1) is 6.58 Å². The molecular formula is C23H22N2O5. The second-order valence-corrected chi connectivity index (χ2v) is 6.45. The van der Waals surface area contributed by atoms with Crippen LogP contribution < -0.4 is 19.7 Å². The maximum Gasteiger partial charge on any atom is 0.335 e. The second-order valence-electron chi connectivity index (χ2n) is 6.45. The van der Waals surface area contributed by atoms with Gasteiger partial charge in [-0.2, -0.15) is 0 Å². The van der Waals surface area contributed by atoms with Crippen LogP contribution in [-0.4, -0.2) is 31.6 Å². The van der Waals surface area contributed by atoms with Crippen molar-refractivity contribution < 1.29 is 23.9 Å². The van der Waals surface area contributed by atoms with Gasteiger partial charge in [-0.05, 0) is 66.9 Å². The molecule has 0 spiro atoms. The summed E-state index contributed by atoms with van der Waals surface area (Å²) < 4.78 is 10.7. The molecule has 0 bridgehead atoms. The molecule has 4 amide bonds. The first-order valence-electron chi connectivity index (χ1n) is 9.40. The highest BCUT2D eigenvalue weighted by molar-refractivity contribution is 6.39. The van der Waals surface area contributed by atoms with E-state index in [0.29, 0.717) is 35.8 Å². The number of benzene rings is 2. The molecule has 0 unspecified atom stereocenters. The molecular weight excluding hydrogens is 384 g/mol. The van der Waals surface area contributed by atoms with Gasteiger partial charge in [0.05, 0.1) is 19.4 Å². The molecule has 1 saturated heterocycles. The van der Waals surface area contributed by atoms with Gasteiger partial charge >= 0.3 is 6.03 Å². The summed E-state index contributed by atoms with van der Waals surface area (Å²) in [7, 11) is 1.57. The van der Waals surface area contributed by atoms with Gasteiger partial charge in [0.2, 0.25) is 0 Å². The van der Waals surface area contributed by atoms with Crippen LogP contribution in [0.1, 0.15) is 18.1 Å². The van der Waals surface area contributed by atoms with E-state index in [9.17, 15) is 14.4 Å². The van der Waals surface area contributed by atoms with Gasteiger partial charge in [0.15, 0.2) is 0 Å². The summed E-state index contributed by atoms with van der Waals surface area (Å²) >= 11 is 0. The minimum atomic E-state index is -0.798. The van der Waals surface area contributed by atoms with Crippen LogP contribution in [0.3, 0.4) is 0 Å². The molecule has 1 heterocycles. The van der Waals surface area contributed by atoms with Gasteiger partial charge in [-0.3, -0.25) is 14.9 Å². The lowest BCUT2D eigenvalue weighted by atomic mass is 10.0. The predicted octanol–water partition coefficient (Wildman–Crippen LogP) is 3.49.